The minimum atomic E-state index is -0.585. The summed E-state index contributed by atoms with van der Waals surface area (Å²) < 4.78 is 10.1. The molecule has 0 heterocycles. The van der Waals surface area contributed by atoms with Crippen molar-refractivity contribution in [3.8, 4) is 0 Å². The Bertz CT molecular complexity index is 195. The van der Waals surface area contributed by atoms with Gasteiger partial charge < -0.3 is 20.5 Å². The molecule has 1 rings (SSSR count). The fourth-order valence-electron chi connectivity index (χ4n) is 1.17. The average Bonchev–Trinajstić information content (AvgIpc) is 3.01. The zero-order valence-electron chi connectivity index (χ0n) is 9.20. The third-order valence-electron chi connectivity index (χ3n) is 2.28. The maximum absolute atomic E-state index is 11.3. The molecule has 1 aliphatic carbocycles. The van der Waals surface area contributed by atoms with E-state index in [4.69, 9.17) is 15.2 Å². The monoisotopic (exact) mass is 216 g/mol. The van der Waals surface area contributed by atoms with E-state index in [2.05, 4.69) is 5.32 Å². The SMILES string of the molecule is COCC(N)C(=O)NCCOCC1CC1. The second kappa shape index (κ2) is 6.76. The second-order valence-corrected chi connectivity index (χ2v) is 3.87. The van der Waals surface area contributed by atoms with Gasteiger partial charge in [0.1, 0.15) is 6.04 Å². The molecule has 0 aromatic rings. The van der Waals surface area contributed by atoms with Crippen LogP contribution in [0.3, 0.4) is 0 Å². The molecule has 0 aromatic heterocycles. The fraction of sp³-hybridized carbons (Fsp3) is 0.900. The summed E-state index contributed by atoms with van der Waals surface area (Å²) in [5.41, 5.74) is 5.52. The van der Waals surface area contributed by atoms with Crippen LogP contribution < -0.4 is 11.1 Å². The van der Waals surface area contributed by atoms with Crippen molar-refractivity contribution in [2.45, 2.75) is 18.9 Å². The number of rotatable bonds is 8. The van der Waals surface area contributed by atoms with Crippen LogP contribution in [0.1, 0.15) is 12.8 Å². The Balaban J connectivity index is 1.90. The molecular weight excluding hydrogens is 196 g/mol. The number of carbonyl (C=O) groups excluding carboxylic acids is 1. The van der Waals surface area contributed by atoms with Gasteiger partial charge in [-0.15, -0.1) is 0 Å². The predicted molar refractivity (Wildman–Crippen MR) is 56.4 cm³/mol. The molecule has 0 spiro atoms. The molecule has 0 bridgehead atoms. The highest BCUT2D eigenvalue weighted by atomic mass is 16.5. The number of amides is 1. The molecule has 0 aliphatic heterocycles. The zero-order chi connectivity index (χ0) is 11.1. The Labute approximate surface area is 90.3 Å². The summed E-state index contributed by atoms with van der Waals surface area (Å²) >= 11 is 0. The van der Waals surface area contributed by atoms with Crippen molar-refractivity contribution in [3.63, 3.8) is 0 Å². The van der Waals surface area contributed by atoms with E-state index in [1.165, 1.54) is 20.0 Å². The number of ether oxygens (including phenoxy) is 2. The summed E-state index contributed by atoms with van der Waals surface area (Å²) in [4.78, 5) is 11.3. The van der Waals surface area contributed by atoms with Crippen LogP contribution in [-0.4, -0.2) is 45.4 Å². The van der Waals surface area contributed by atoms with Crippen LogP contribution in [0, 0.1) is 5.92 Å². The van der Waals surface area contributed by atoms with E-state index < -0.39 is 6.04 Å². The number of nitrogens with two attached hydrogens (primary N) is 1. The largest absolute Gasteiger partial charge is 0.383 e. The highest BCUT2D eigenvalue weighted by molar-refractivity contribution is 5.81. The van der Waals surface area contributed by atoms with Crippen LogP contribution in [0.15, 0.2) is 0 Å². The number of nitrogens with one attached hydrogen (secondary N) is 1. The van der Waals surface area contributed by atoms with Gasteiger partial charge in [-0.25, -0.2) is 0 Å². The molecule has 15 heavy (non-hydrogen) atoms. The first-order chi connectivity index (χ1) is 7.24. The molecule has 1 unspecified atom stereocenters. The van der Waals surface area contributed by atoms with Crippen molar-refractivity contribution >= 4 is 5.91 Å². The molecule has 1 aliphatic rings. The summed E-state index contributed by atoms with van der Waals surface area (Å²) in [5.74, 6) is 0.573. The smallest absolute Gasteiger partial charge is 0.239 e. The van der Waals surface area contributed by atoms with Crippen molar-refractivity contribution in [3.05, 3.63) is 0 Å². The van der Waals surface area contributed by atoms with Crippen LogP contribution in [0.2, 0.25) is 0 Å². The maximum Gasteiger partial charge on any atom is 0.239 e. The van der Waals surface area contributed by atoms with Crippen LogP contribution in [-0.2, 0) is 14.3 Å². The summed E-state index contributed by atoms with van der Waals surface area (Å²) in [5, 5.41) is 2.69. The minimum absolute atomic E-state index is 0.188. The third kappa shape index (κ3) is 5.71. The van der Waals surface area contributed by atoms with Crippen molar-refractivity contribution in [2.75, 3.05) is 33.5 Å². The van der Waals surface area contributed by atoms with Gasteiger partial charge in [0.15, 0.2) is 0 Å². The molecule has 1 fully saturated rings. The Morgan fingerprint density at radius 1 is 1.60 bits per heavy atom. The first kappa shape index (κ1) is 12.4. The van der Waals surface area contributed by atoms with E-state index in [9.17, 15) is 4.79 Å². The molecule has 1 atom stereocenters. The number of methoxy groups -OCH3 is 1. The molecule has 88 valence electrons. The number of hydrogen-bond acceptors (Lipinski definition) is 4. The van der Waals surface area contributed by atoms with Crippen molar-refractivity contribution < 1.29 is 14.3 Å². The second-order valence-electron chi connectivity index (χ2n) is 3.87. The van der Waals surface area contributed by atoms with Crippen LogP contribution in [0.5, 0.6) is 0 Å². The molecule has 0 radical (unpaired) electrons. The molecule has 5 heteroatoms. The standard InChI is InChI=1S/C10H20N2O3/c1-14-7-9(11)10(13)12-4-5-15-6-8-2-3-8/h8-9H,2-7,11H2,1H3,(H,12,13). The molecule has 0 saturated heterocycles. The van der Waals surface area contributed by atoms with Crippen molar-refractivity contribution in [2.24, 2.45) is 11.7 Å². The quantitative estimate of drug-likeness (QED) is 0.537. The van der Waals surface area contributed by atoms with Crippen molar-refractivity contribution in [1.29, 1.82) is 0 Å². The van der Waals surface area contributed by atoms with Gasteiger partial charge in [-0.05, 0) is 18.8 Å². The Morgan fingerprint density at radius 2 is 2.33 bits per heavy atom. The summed E-state index contributed by atoms with van der Waals surface area (Å²) in [6.45, 7) is 2.14. The van der Waals surface area contributed by atoms with E-state index in [1.54, 1.807) is 0 Å². The molecular formula is C10H20N2O3. The lowest BCUT2D eigenvalue weighted by Gasteiger charge is -2.11. The van der Waals surface area contributed by atoms with Crippen molar-refractivity contribution in [1.82, 2.24) is 5.32 Å². The lowest BCUT2D eigenvalue weighted by Crippen LogP contribution is -2.44. The minimum Gasteiger partial charge on any atom is -0.383 e. The van der Waals surface area contributed by atoms with E-state index in [-0.39, 0.29) is 12.5 Å². The Kier molecular flexibility index (Phi) is 5.60. The lowest BCUT2D eigenvalue weighted by molar-refractivity contribution is -0.123. The van der Waals surface area contributed by atoms with Crippen LogP contribution in [0.25, 0.3) is 0 Å². The fourth-order valence-corrected chi connectivity index (χ4v) is 1.17. The summed E-state index contributed by atoms with van der Waals surface area (Å²) in [7, 11) is 1.52. The van der Waals surface area contributed by atoms with Gasteiger partial charge in [-0.1, -0.05) is 0 Å². The van der Waals surface area contributed by atoms with Gasteiger partial charge in [-0.3, -0.25) is 4.79 Å². The zero-order valence-corrected chi connectivity index (χ0v) is 9.20. The van der Waals surface area contributed by atoms with Gasteiger partial charge in [0.2, 0.25) is 5.91 Å². The molecule has 1 saturated carbocycles. The van der Waals surface area contributed by atoms with E-state index >= 15 is 0 Å². The molecule has 3 N–H and O–H groups in total. The summed E-state index contributed by atoms with van der Waals surface area (Å²) in [6, 6.07) is -0.585. The Morgan fingerprint density at radius 3 is 2.93 bits per heavy atom. The number of carbonyl (C=O) groups is 1. The number of hydrogen-bond donors (Lipinski definition) is 2. The van der Waals surface area contributed by atoms with Gasteiger partial charge in [0.05, 0.1) is 13.2 Å². The van der Waals surface area contributed by atoms with Crippen LogP contribution in [0.4, 0.5) is 0 Å². The summed E-state index contributed by atoms with van der Waals surface area (Å²) in [6.07, 6.45) is 2.57. The highest BCUT2D eigenvalue weighted by Gasteiger charge is 2.21. The molecule has 0 aromatic carbocycles. The predicted octanol–water partition coefficient (Wildman–Crippen LogP) is -0.497. The van der Waals surface area contributed by atoms with E-state index in [0.717, 1.165) is 12.5 Å². The van der Waals surface area contributed by atoms with Gasteiger partial charge >= 0.3 is 0 Å². The topological polar surface area (TPSA) is 73.6 Å². The van der Waals surface area contributed by atoms with Crippen LogP contribution >= 0.6 is 0 Å². The van der Waals surface area contributed by atoms with E-state index in [0.29, 0.717) is 13.2 Å². The average molecular weight is 216 g/mol. The normalized spacial score (nSPS) is 17.5. The first-order valence-corrected chi connectivity index (χ1v) is 5.34. The van der Waals surface area contributed by atoms with Gasteiger partial charge in [-0.2, -0.15) is 0 Å². The van der Waals surface area contributed by atoms with Gasteiger partial charge in [0, 0.05) is 20.3 Å². The highest BCUT2D eigenvalue weighted by Crippen LogP contribution is 2.28. The Hall–Kier alpha value is -0.650. The molecule has 1 amide bonds. The maximum atomic E-state index is 11.3. The molecule has 5 nitrogen and oxygen atoms in total. The first-order valence-electron chi connectivity index (χ1n) is 5.34. The third-order valence-corrected chi connectivity index (χ3v) is 2.28. The van der Waals surface area contributed by atoms with E-state index in [1.807, 2.05) is 0 Å². The van der Waals surface area contributed by atoms with Gasteiger partial charge in [0.25, 0.3) is 0 Å². The lowest BCUT2D eigenvalue weighted by atomic mass is 10.3.